The fourth-order valence-corrected chi connectivity index (χ4v) is 1.95. The Bertz CT molecular complexity index is 288. The Kier molecular flexibility index (Phi) is 5.60. The Hall–Kier alpha value is -0.650. The number of nitrogens with zero attached hydrogens (tertiary/aromatic N) is 1. The van der Waals surface area contributed by atoms with Gasteiger partial charge in [-0.2, -0.15) is 11.3 Å². The van der Waals surface area contributed by atoms with Crippen LogP contribution in [0.4, 0.5) is 0 Å². The topological polar surface area (TPSA) is 24.5 Å². The molecule has 0 saturated heterocycles. The number of hydrogen-bond acceptors (Lipinski definition) is 3. The van der Waals surface area contributed by atoms with Gasteiger partial charge in [-0.1, -0.05) is 0 Å². The number of ether oxygens (including phenoxy) is 1. The molecule has 84 valence electrons. The Labute approximate surface area is 100 Å². The predicted molar refractivity (Wildman–Crippen MR) is 68.3 cm³/mol. The Morgan fingerprint density at radius 3 is 3.07 bits per heavy atom. The summed E-state index contributed by atoms with van der Waals surface area (Å²) in [5, 5.41) is 8.10. The molecule has 1 aromatic rings. The highest BCUT2D eigenvalue weighted by Crippen LogP contribution is 2.08. The van der Waals surface area contributed by atoms with Gasteiger partial charge in [0.1, 0.15) is 0 Å². The largest absolute Gasteiger partial charge is 0.383 e. The normalized spacial score (nSPS) is 10.0. The van der Waals surface area contributed by atoms with Gasteiger partial charge in [-0.05, 0) is 34.6 Å². The van der Waals surface area contributed by atoms with E-state index in [4.69, 9.17) is 17.0 Å². The van der Waals surface area contributed by atoms with E-state index in [-0.39, 0.29) is 0 Å². The van der Waals surface area contributed by atoms with E-state index in [0.29, 0.717) is 6.61 Å². The molecule has 0 atom stereocenters. The molecule has 5 heteroatoms. The molecular weight excluding hydrogens is 228 g/mol. The quantitative estimate of drug-likeness (QED) is 0.629. The van der Waals surface area contributed by atoms with Crippen LogP contribution in [0.1, 0.15) is 5.56 Å². The van der Waals surface area contributed by atoms with Gasteiger partial charge in [0.05, 0.1) is 6.61 Å². The van der Waals surface area contributed by atoms with Gasteiger partial charge < -0.3 is 15.0 Å². The fraction of sp³-hybridized carbons (Fsp3) is 0.500. The second-order valence-electron chi connectivity index (χ2n) is 3.21. The van der Waals surface area contributed by atoms with E-state index in [9.17, 15) is 0 Å². The number of nitrogens with one attached hydrogen (secondary N) is 1. The first-order valence-electron chi connectivity index (χ1n) is 4.73. The average molecular weight is 244 g/mol. The lowest BCUT2D eigenvalue weighted by molar-refractivity contribution is 0.203. The summed E-state index contributed by atoms with van der Waals surface area (Å²) in [5.41, 5.74) is 1.29. The molecule has 1 aromatic heterocycles. The van der Waals surface area contributed by atoms with Gasteiger partial charge in [0.2, 0.25) is 0 Å². The summed E-state index contributed by atoms with van der Waals surface area (Å²) in [6.07, 6.45) is 0. The van der Waals surface area contributed by atoms with E-state index >= 15 is 0 Å². The number of methoxy groups -OCH3 is 1. The lowest BCUT2D eigenvalue weighted by Gasteiger charge is -2.20. The maximum atomic E-state index is 5.23. The van der Waals surface area contributed by atoms with Crippen LogP contribution in [-0.2, 0) is 11.3 Å². The third kappa shape index (κ3) is 4.59. The third-order valence-corrected chi connectivity index (χ3v) is 3.12. The first-order valence-corrected chi connectivity index (χ1v) is 6.08. The zero-order valence-corrected chi connectivity index (χ0v) is 10.7. The van der Waals surface area contributed by atoms with Crippen LogP contribution in [0.2, 0.25) is 0 Å². The molecule has 0 aliphatic rings. The summed E-state index contributed by atoms with van der Waals surface area (Å²) in [6.45, 7) is 2.28. The van der Waals surface area contributed by atoms with Gasteiger partial charge in [0.15, 0.2) is 5.11 Å². The first kappa shape index (κ1) is 12.4. The summed E-state index contributed by atoms with van der Waals surface area (Å²) < 4.78 is 4.94. The van der Waals surface area contributed by atoms with Gasteiger partial charge in [0.25, 0.3) is 0 Å². The third-order valence-electron chi connectivity index (χ3n) is 1.93. The highest BCUT2D eigenvalue weighted by Gasteiger charge is 2.04. The van der Waals surface area contributed by atoms with Crippen LogP contribution >= 0.6 is 23.6 Å². The summed E-state index contributed by atoms with van der Waals surface area (Å²) in [7, 11) is 3.67. The van der Waals surface area contributed by atoms with Crippen molar-refractivity contribution in [1.82, 2.24) is 10.2 Å². The number of thiophene rings is 1. The number of rotatable bonds is 5. The zero-order chi connectivity index (χ0) is 11.1. The lowest BCUT2D eigenvalue weighted by atomic mass is 10.3. The fourth-order valence-electron chi connectivity index (χ4n) is 1.12. The van der Waals surface area contributed by atoms with Crippen LogP contribution in [0, 0.1) is 0 Å². The summed E-state index contributed by atoms with van der Waals surface area (Å²) >= 11 is 6.93. The predicted octanol–water partition coefficient (Wildman–Crippen LogP) is 1.70. The lowest BCUT2D eigenvalue weighted by Crippen LogP contribution is -2.38. The number of thiocarbonyl (C=S) groups is 1. The Balaban J connectivity index is 2.27. The van der Waals surface area contributed by atoms with Crippen molar-refractivity contribution in [2.24, 2.45) is 0 Å². The van der Waals surface area contributed by atoms with Crippen LogP contribution in [0.25, 0.3) is 0 Å². The molecule has 1 N–H and O–H groups in total. The van der Waals surface area contributed by atoms with E-state index in [1.54, 1.807) is 18.4 Å². The molecule has 0 bridgehead atoms. The van der Waals surface area contributed by atoms with Crippen molar-refractivity contribution in [3.8, 4) is 0 Å². The molecular formula is C10H16N2OS2. The average Bonchev–Trinajstić information content (AvgIpc) is 2.70. The molecule has 0 unspecified atom stereocenters. The standard InChI is InChI=1S/C10H16N2OS2/c1-12(7-9-3-6-15-8-9)10(14)11-4-5-13-2/h3,6,8H,4-5,7H2,1-2H3,(H,11,14). The van der Waals surface area contributed by atoms with Gasteiger partial charge >= 0.3 is 0 Å². The molecule has 0 saturated carbocycles. The van der Waals surface area contributed by atoms with Crippen LogP contribution in [0.5, 0.6) is 0 Å². The molecule has 3 nitrogen and oxygen atoms in total. The maximum absolute atomic E-state index is 5.23. The Morgan fingerprint density at radius 2 is 2.47 bits per heavy atom. The molecule has 0 amide bonds. The first-order chi connectivity index (χ1) is 7.24. The minimum Gasteiger partial charge on any atom is -0.383 e. The van der Waals surface area contributed by atoms with Crippen molar-refractivity contribution in [1.29, 1.82) is 0 Å². The second kappa shape index (κ2) is 6.76. The van der Waals surface area contributed by atoms with Crippen LogP contribution < -0.4 is 5.32 Å². The van der Waals surface area contributed by atoms with E-state index < -0.39 is 0 Å². The molecule has 0 spiro atoms. The zero-order valence-electron chi connectivity index (χ0n) is 9.03. The summed E-state index contributed by atoms with van der Waals surface area (Å²) in [6, 6.07) is 2.11. The summed E-state index contributed by atoms with van der Waals surface area (Å²) in [4.78, 5) is 2.02. The minimum atomic E-state index is 0.673. The van der Waals surface area contributed by atoms with Gasteiger partial charge in [-0.25, -0.2) is 0 Å². The van der Waals surface area contributed by atoms with Crippen molar-refractivity contribution in [2.75, 3.05) is 27.3 Å². The van der Waals surface area contributed by atoms with E-state index in [0.717, 1.165) is 18.2 Å². The maximum Gasteiger partial charge on any atom is 0.169 e. The van der Waals surface area contributed by atoms with Crippen LogP contribution in [0.3, 0.4) is 0 Å². The van der Waals surface area contributed by atoms with Crippen LogP contribution in [0.15, 0.2) is 16.8 Å². The minimum absolute atomic E-state index is 0.673. The van der Waals surface area contributed by atoms with E-state index in [1.807, 2.05) is 11.9 Å². The summed E-state index contributed by atoms with van der Waals surface area (Å²) in [5.74, 6) is 0. The van der Waals surface area contributed by atoms with E-state index in [1.165, 1.54) is 5.56 Å². The SMILES string of the molecule is COCCNC(=S)N(C)Cc1ccsc1. The van der Waals surface area contributed by atoms with Crippen LogP contribution in [-0.4, -0.2) is 37.3 Å². The smallest absolute Gasteiger partial charge is 0.169 e. The van der Waals surface area contributed by atoms with Crippen molar-refractivity contribution >= 4 is 28.7 Å². The van der Waals surface area contributed by atoms with E-state index in [2.05, 4.69) is 22.1 Å². The van der Waals surface area contributed by atoms with Gasteiger partial charge in [-0.3, -0.25) is 0 Å². The van der Waals surface area contributed by atoms with Crippen molar-refractivity contribution in [3.63, 3.8) is 0 Å². The molecule has 1 heterocycles. The molecule has 0 aromatic carbocycles. The monoisotopic (exact) mass is 244 g/mol. The van der Waals surface area contributed by atoms with Gasteiger partial charge in [-0.15, -0.1) is 0 Å². The molecule has 1 rings (SSSR count). The van der Waals surface area contributed by atoms with Gasteiger partial charge in [0, 0.05) is 27.2 Å². The molecule has 0 radical (unpaired) electrons. The molecule has 15 heavy (non-hydrogen) atoms. The van der Waals surface area contributed by atoms with Crippen molar-refractivity contribution in [2.45, 2.75) is 6.54 Å². The highest BCUT2D eigenvalue weighted by atomic mass is 32.1. The molecule has 0 aliphatic carbocycles. The number of hydrogen-bond donors (Lipinski definition) is 1. The molecule has 0 fully saturated rings. The van der Waals surface area contributed by atoms with Crippen molar-refractivity contribution in [3.05, 3.63) is 22.4 Å². The van der Waals surface area contributed by atoms with Crippen molar-refractivity contribution < 1.29 is 4.74 Å². The second-order valence-corrected chi connectivity index (χ2v) is 4.38. The Morgan fingerprint density at radius 1 is 1.67 bits per heavy atom. The molecule has 0 aliphatic heterocycles. The highest BCUT2D eigenvalue weighted by molar-refractivity contribution is 7.80.